The Bertz CT molecular complexity index is 825. The predicted octanol–water partition coefficient (Wildman–Crippen LogP) is -0.273. The molecule has 0 saturated carbocycles. The van der Waals surface area contributed by atoms with Crippen LogP contribution in [0.5, 0.6) is 0 Å². The fourth-order valence-corrected chi connectivity index (χ4v) is 3.26. The van der Waals surface area contributed by atoms with Gasteiger partial charge in [0.25, 0.3) is 5.91 Å². The highest BCUT2D eigenvalue weighted by atomic mass is 32.2. The summed E-state index contributed by atoms with van der Waals surface area (Å²) in [4.78, 5) is 34.6. The first-order valence-electron chi connectivity index (χ1n) is 7.36. The third-order valence-corrected chi connectivity index (χ3v) is 4.82. The molecule has 2 rings (SSSR count). The molecule has 1 aromatic rings. The minimum Gasteiger partial charge on any atom is -0.452 e. The van der Waals surface area contributed by atoms with Crippen molar-refractivity contribution >= 4 is 27.9 Å². The molecular weight excluding hydrogens is 376 g/mol. The number of ether oxygens (including phenoxy) is 1. The smallest absolute Gasteiger partial charge is 0.324 e. The molecule has 0 bridgehead atoms. The van der Waals surface area contributed by atoms with Gasteiger partial charge >= 0.3 is 12.0 Å². The van der Waals surface area contributed by atoms with Crippen LogP contribution in [0.3, 0.4) is 0 Å². The van der Waals surface area contributed by atoms with Crippen LogP contribution >= 0.6 is 0 Å². The molecule has 12 heteroatoms. The van der Waals surface area contributed by atoms with Crippen molar-refractivity contribution in [1.29, 1.82) is 0 Å². The number of nitrogens with one attached hydrogen (secondary N) is 2. The third-order valence-electron chi connectivity index (χ3n) is 3.37. The van der Waals surface area contributed by atoms with Crippen LogP contribution < -0.4 is 10.0 Å². The second kappa shape index (κ2) is 7.74. The van der Waals surface area contributed by atoms with Crippen LogP contribution in [0.2, 0.25) is 0 Å². The average Bonchev–Trinajstić information content (AvgIpc) is 2.98. The lowest BCUT2D eigenvalue weighted by molar-refractivity contribution is -0.156. The molecule has 1 aliphatic heterocycles. The molecule has 1 heterocycles. The minimum absolute atomic E-state index is 0.110. The van der Waals surface area contributed by atoms with Gasteiger partial charge in [0.2, 0.25) is 10.0 Å². The molecule has 0 unspecified atom stereocenters. The number of urea groups is 1. The Morgan fingerprint density at radius 2 is 1.96 bits per heavy atom. The van der Waals surface area contributed by atoms with Crippen molar-refractivity contribution in [3.8, 4) is 0 Å². The second-order valence-corrected chi connectivity index (χ2v) is 6.93. The fourth-order valence-electron chi connectivity index (χ4n) is 2.16. The predicted molar refractivity (Wildman–Crippen MR) is 82.2 cm³/mol. The van der Waals surface area contributed by atoms with Crippen LogP contribution in [-0.2, 0) is 24.3 Å². The van der Waals surface area contributed by atoms with E-state index in [4.69, 9.17) is 4.74 Å². The first-order chi connectivity index (χ1) is 12.1. The number of hydrogen-bond donors (Lipinski definition) is 2. The first kappa shape index (κ1) is 19.7. The fraction of sp³-hybridized carbons (Fsp3) is 0.357. The average molecular weight is 391 g/mol. The van der Waals surface area contributed by atoms with Gasteiger partial charge in [0, 0.05) is 13.1 Å². The van der Waals surface area contributed by atoms with Gasteiger partial charge < -0.3 is 10.1 Å². The van der Waals surface area contributed by atoms with Crippen molar-refractivity contribution in [2.75, 3.05) is 19.6 Å². The summed E-state index contributed by atoms with van der Waals surface area (Å²) in [5, 5.41) is 2.40. The summed E-state index contributed by atoms with van der Waals surface area (Å²) >= 11 is 0. The maximum absolute atomic E-state index is 13.5. The number of hydrogen-bond acceptors (Lipinski definition) is 6. The highest BCUT2D eigenvalue weighted by Gasteiger charge is 2.32. The molecule has 3 amide bonds. The first-order valence-corrected chi connectivity index (χ1v) is 8.84. The highest BCUT2D eigenvalue weighted by molar-refractivity contribution is 7.89. The van der Waals surface area contributed by atoms with Gasteiger partial charge in [-0.15, -0.1) is 0 Å². The molecule has 0 spiro atoms. The number of carbonyl (C=O) groups excluding carboxylic acids is 3. The second-order valence-electron chi connectivity index (χ2n) is 5.23. The van der Waals surface area contributed by atoms with Crippen LogP contribution in [0.4, 0.5) is 13.6 Å². The zero-order chi connectivity index (χ0) is 19.5. The van der Waals surface area contributed by atoms with Crippen molar-refractivity contribution in [3.63, 3.8) is 0 Å². The molecule has 142 valence electrons. The van der Waals surface area contributed by atoms with Gasteiger partial charge in [-0.3, -0.25) is 14.5 Å². The Labute approximate surface area is 147 Å². The molecule has 9 nitrogen and oxygen atoms in total. The van der Waals surface area contributed by atoms with E-state index in [0.29, 0.717) is 0 Å². The van der Waals surface area contributed by atoms with E-state index in [1.54, 1.807) is 4.72 Å². The molecule has 26 heavy (non-hydrogen) atoms. The van der Waals surface area contributed by atoms with Gasteiger partial charge in [0.1, 0.15) is 18.2 Å². The summed E-state index contributed by atoms with van der Waals surface area (Å²) < 4.78 is 57.3. The van der Waals surface area contributed by atoms with E-state index < -0.39 is 57.1 Å². The summed E-state index contributed by atoms with van der Waals surface area (Å²) in [5.41, 5.74) is 0. The number of imide groups is 1. The lowest BCUT2D eigenvalue weighted by Crippen LogP contribution is -2.43. The molecule has 1 atom stereocenters. The number of rotatable bonds is 6. The van der Waals surface area contributed by atoms with E-state index in [0.717, 1.165) is 23.1 Å². The van der Waals surface area contributed by atoms with Crippen molar-refractivity contribution in [3.05, 3.63) is 29.8 Å². The van der Waals surface area contributed by atoms with E-state index in [1.807, 2.05) is 0 Å². The number of sulfonamides is 1. The van der Waals surface area contributed by atoms with Crippen molar-refractivity contribution in [1.82, 2.24) is 14.9 Å². The Balaban J connectivity index is 1.96. The molecule has 1 saturated heterocycles. The standard InChI is InChI=1S/C14H15F2N3O6S/c1-8(13(21)19-6-5-17-14(19)22)25-11(20)7-18-26(23,24)12-9(15)3-2-4-10(12)16/h2-4,8,18H,5-7H2,1H3,(H,17,22)/t8-/m1/s1. The van der Waals surface area contributed by atoms with Gasteiger partial charge in [0.05, 0.1) is 0 Å². The summed E-state index contributed by atoms with van der Waals surface area (Å²) in [6, 6.07) is 1.85. The lowest BCUT2D eigenvalue weighted by atomic mass is 10.3. The van der Waals surface area contributed by atoms with Gasteiger partial charge in [-0.1, -0.05) is 6.07 Å². The van der Waals surface area contributed by atoms with Crippen molar-refractivity contribution in [2.24, 2.45) is 0 Å². The third kappa shape index (κ3) is 4.32. The van der Waals surface area contributed by atoms with Crippen molar-refractivity contribution in [2.45, 2.75) is 17.9 Å². The van der Waals surface area contributed by atoms with Gasteiger partial charge in [-0.25, -0.2) is 22.0 Å². The topological polar surface area (TPSA) is 122 Å². The summed E-state index contributed by atoms with van der Waals surface area (Å²) in [6.45, 7) is 0.620. The zero-order valence-electron chi connectivity index (χ0n) is 13.5. The van der Waals surface area contributed by atoms with Gasteiger partial charge in [-0.2, -0.15) is 4.72 Å². The molecule has 1 fully saturated rings. The SMILES string of the molecule is C[C@@H](OC(=O)CNS(=O)(=O)c1c(F)cccc1F)C(=O)N1CCNC1=O. The molecule has 1 aromatic carbocycles. The van der Waals surface area contributed by atoms with E-state index >= 15 is 0 Å². The van der Waals surface area contributed by atoms with Crippen LogP contribution in [0.1, 0.15) is 6.92 Å². The Morgan fingerprint density at radius 3 is 2.50 bits per heavy atom. The number of carbonyl (C=O) groups is 3. The Morgan fingerprint density at radius 1 is 1.35 bits per heavy atom. The van der Waals surface area contributed by atoms with Gasteiger partial charge in [-0.05, 0) is 19.1 Å². The van der Waals surface area contributed by atoms with Crippen LogP contribution in [-0.4, -0.2) is 57.0 Å². The number of esters is 1. The monoisotopic (exact) mass is 391 g/mol. The molecule has 0 aromatic heterocycles. The normalized spacial score (nSPS) is 15.5. The number of halogens is 2. The number of nitrogens with zero attached hydrogens (tertiary/aromatic N) is 1. The van der Waals surface area contributed by atoms with Crippen molar-refractivity contribution < 1.29 is 36.3 Å². The van der Waals surface area contributed by atoms with Gasteiger partial charge in [0.15, 0.2) is 11.0 Å². The lowest BCUT2D eigenvalue weighted by Gasteiger charge is -2.18. The van der Waals surface area contributed by atoms with E-state index in [2.05, 4.69) is 5.32 Å². The van der Waals surface area contributed by atoms with Crippen LogP contribution in [0, 0.1) is 11.6 Å². The molecule has 1 aliphatic rings. The highest BCUT2D eigenvalue weighted by Crippen LogP contribution is 2.17. The molecule has 2 N–H and O–H groups in total. The zero-order valence-corrected chi connectivity index (χ0v) is 14.3. The number of benzene rings is 1. The van der Waals surface area contributed by atoms with E-state index in [9.17, 15) is 31.6 Å². The molecule has 0 radical (unpaired) electrons. The Hall–Kier alpha value is -2.60. The minimum atomic E-state index is -4.66. The van der Waals surface area contributed by atoms with Crippen LogP contribution in [0.25, 0.3) is 0 Å². The number of amides is 3. The quantitative estimate of drug-likeness (QED) is 0.644. The van der Waals surface area contributed by atoms with E-state index in [-0.39, 0.29) is 13.1 Å². The maximum atomic E-state index is 13.5. The van der Waals surface area contributed by atoms with Crippen LogP contribution in [0.15, 0.2) is 23.1 Å². The maximum Gasteiger partial charge on any atom is 0.324 e. The Kier molecular flexibility index (Phi) is 5.87. The summed E-state index contributed by atoms with van der Waals surface area (Å²) in [7, 11) is -4.66. The molecular formula is C14H15F2N3O6S. The van der Waals surface area contributed by atoms with E-state index in [1.165, 1.54) is 6.92 Å². The largest absolute Gasteiger partial charge is 0.452 e. The summed E-state index contributed by atoms with van der Waals surface area (Å²) in [6.07, 6.45) is -1.35. The molecule has 0 aliphatic carbocycles. The summed E-state index contributed by atoms with van der Waals surface area (Å²) in [5.74, 6) is -4.59.